The molecule has 0 aliphatic heterocycles. The fourth-order valence-electron chi connectivity index (χ4n) is 1.65. The number of pyridine rings is 1. The number of hydrogen-bond acceptors (Lipinski definition) is 2. The minimum atomic E-state index is 0.652. The predicted molar refractivity (Wildman–Crippen MR) is 69.8 cm³/mol. The fraction of sp³-hybridized carbons (Fsp3) is 0.133. The molecule has 0 aliphatic rings. The predicted octanol–water partition coefficient (Wildman–Crippen LogP) is 3.75. The smallest absolute Gasteiger partial charge is 0.148 e. The summed E-state index contributed by atoms with van der Waals surface area (Å²) in [6.07, 6.45) is 1.75. The maximum absolute atomic E-state index is 5.76. The zero-order valence-corrected chi connectivity index (χ0v) is 10.1. The van der Waals surface area contributed by atoms with Gasteiger partial charge in [-0.25, -0.2) is 0 Å². The Balaban J connectivity index is 2.24. The van der Waals surface area contributed by atoms with Crippen molar-refractivity contribution in [1.82, 2.24) is 4.98 Å². The molecule has 0 amide bonds. The van der Waals surface area contributed by atoms with Gasteiger partial charge in [-0.3, -0.25) is 4.98 Å². The molecule has 0 unspecified atom stereocenters. The van der Waals surface area contributed by atoms with Crippen LogP contribution in [-0.2, 0) is 0 Å². The maximum Gasteiger partial charge on any atom is 0.148 e. The molecule has 2 rings (SSSR count). The number of rotatable bonds is 3. The van der Waals surface area contributed by atoms with E-state index in [-0.39, 0.29) is 0 Å². The summed E-state index contributed by atoms with van der Waals surface area (Å²) in [7, 11) is 0. The third-order valence-corrected chi connectivity index (χ3v) is 2.64. The molecule has 1 aromatic carbocycles. The van der Waals surface area contributed by atoms with Gasteiger partial charge in [-0.1, -0.05) is 30.8 Å². The van der Waals surface area contributed by atoms with Crippen LogP contribution in [0.2, 0.25) is 0 Å². The summed E-state index contributed by atoms with van der Waals surface area (Å²) in [6.45, 7) is 7.93. The van der Waals surface area contributed by atoms with Gasteiger partial charge in [0, 0.05) is 11.8 Å². The molecular weight excluding hydrogens is 210 g/mol. The number of aryl methyl sites for hydroxylation is 2. The lowest BCUT2D eigenvalue weighted by Gasteiger charge is -2.12. The van der Waals surface area contributed by atoms with E-state index in [2.05, 4.69) is 11.6 Å². The molecule has 0 fully saturated rings. The lowest BCUT2D eigenvalue weighted by atomic mass is 10.1. The van der Waals surface area contributed by atoms with Gasteiger partial charge in [0.1, 0.15) is 11.5 Å². The van der Waals surface area contributed by atoms with Crippen molar-refractivity contribution in [2.45, 2.75) is 13.8 Å². The summed E-state index contributed by atoms with van der Waals surface area (Å²) in [5.74, 6) is 1.40. The molecule has 2 heteroatoms. The van der Waals surface area contributed by atoms with E-state index < -0.39 is 0 Å². The quantitative estimate of drug-likeness (QED) is 0.742. The highest BCUT2D eigenvalue weighted by Crippen LogP contribution is 2.23. The highest BCUT2D eigenvalue weighted by Gasteiger charge is 2.06. The lowest BCUT2D eigenvalue weighted by molar-refractivity contribution is 0.508. The Labute approximate surface area is 102 Å². The topological polar surface area (TPSA) is 22.1 Å². The normalized spacial score (nSPS) is 10.0. The van der Waals surface area contributed by atoms with E-state index in [0.29, 0.717) is 5.76 Å². The summed E-state index contributed by atoms with van der Waals surface area (Å²) < 4.78 is 5.76. The summed E-state index contributed by atoms with van der Waals surface area (Å²) in [5.41, 5.74) is 3.04. The van der Waals surface area contributed by atoms with Crippen LogP contribution in [0.25, 0.3) is 5.76 Å². The molecule has 0 saturated carbocycles. The Morgan fingerprint density at radius 2 is 1.88 bits per heavy atom. The van der Waals surface area contributed by atoms with Crippen molar-refractivity contribution in [1.29, 1.82) is 0 Å². The van der Waals surface area contributed by atoms with E-state index in [9.17, 15) is 0 Å². The van der Waals surface area contributed by atoms with Crippen LogP contribution >= 0.6 is 0 Å². The Hall–Kier alpha value is -2.09. The molecular formula is C15H15NO. The third kappa shape index (κ3) is 2.53. The number of hydrogen-bond donors (Lipinski definition) is 0. The summed E-state index contributed by atoms with van der Waals surface area (Å²) >= 11 is 0. The minimum Gasteiger partial charge on any atom is -0.455 e. The molecule has 0 saturated heterocycles. The van der Waals surface area contributed by atoms with Gasteiger partial charge in [-0.2, -0.15) is 0 Å². The Kier molecular flexibility index (Phi) is 3.24. The van der Waals surface area contributed by atoms with Gasteiger partial charge in [0.05, 0.1) is 5.69 Å². The first-order chi connectivity index (χ1) is 8.18. The molecule has 0 aliphatic carbocycles. The second-order valence-corrected chi connectivity index (χ2v) is 3.93. The molecule has 2 nitrogen and oxygen atoms in total. The van der Waals surface area contributed by atoms with Crippen LogP contribution in [0, 0.1) is 13.8 Å². The fourth-order valence-corrected chi connectivity index (χ4v) is 1.65. The molecule has 2 aromatic rings. The van der Waals surface area contributed by atoms with Crippen molar-refractivity contribution < 1.29 is 4.74 Å². The van der Waals surface area contributed by atoms with Crippen molar-refractivity contribution >= 4 is 5.76 Å². The first-order valence-electron chi connectivity index (χ1n) is 5.53. The molecule has 86 valence electrons. The molecule has 1 aromatic heterocycles. The molecule has 0 bridgehead atoms. The molecule has 0 N–H and O–H groups in total. The summed E-state index contributed by atoms with van der Waals surface area (Å²) in [6, 6.07) is 11.8. The summed E-state index contributed by atoms with van der Waals surface area (Å²) in [5, 5.41) is 0. The molecule has 0 radical (unpaired) electrons. The monoisotopic (exact) mass is 225 g/mol. The van der Waals surface area contributed by atoms with Crippen molar-refractivity contribution in [3.05, 3.63) is 66.0 Å². The highest BCUT2D eigenvalue weighted by atomic mass is 16.5. The van der Waals surface area contributed by atoms with E-state index in [0.717, 1.165) is 22.6 Å². The van der Waals surface area contributed by atoms with Gasteiger partial charge in [-0.15, -0.1) is 0 Å². The van der Waals surface area contributed by atoms with E-state index in [4.69, 9.17) is 4.74 Å². The Bertz CT molecular complexity index is 546. The van der Waals surface area contributed by atoms with Crippen LogP contribution in [0.5, 0.6) is 5.75 Å². The van der Waals surface area contributed by atoms with E-state index in [1.54, 1.807) is 6.20 Å². The van der Waals surface area contributed by atoms with Crippen molar-refractivity contribution in [3.8, 4) is 5.75 Å². The van der Waals surface area contributed by atoms with Crippen LogP contribution in [0.3, 0.4) is 0 Å². The second kappa shape index (κ2) is 4.83. The second-order valence-electron chi connectivity index (χ2n) is 3.93. The van der Waals surface area contributed by atoms with Crippen molar-refractivity contribution in [3.63, 3.8) is 0 Å². The SMILES string of the molecule is C=C(Oc1cccnc1C)c1ccccc1C. The molecule has 17 heavy (non-hydrogen) atoms. The average Bonchev–Trinajstić information content (AvgIpc) is 2.32. The van der Waals surface area contributed by atoms with E-state index in [1.165, 1.54) is 0 Å². The Morgan fingerprint density at radius 1 is 1.12 bits per heavy atom. The van der Waals surface area contributed by atoms with Gasteiger partial charge in [0.15, 0.2) is 0 Å². The zero-order valence-electron chi connectivity index (χ0n) is 10.1. The highest BCUT2D eigenvalue weighted by molar-refractivity contribution is 5.62. The first-order valence-corrected chi connectivity index (χ1v) is 5.53. The zero-order chi connectivity index (χ0) is 12.3. The van der Waals surface area contributed by atoms with Crippen LogP contribution in [0.15, 0.2) is 49.2 Å². The maximum atomic E-state index is 5.76. The van der Waals surface area contributed by atoms with Gasteiger partial charge in [-0.05, 0) is 31.5 Å². The molecule has 0 spiro atoms. The molecule has 0 atom stereocenters. The largest absolute Gasteiger partial charge is 0.455 e. The van der Waals surface area contributed by atoms with Crippen LogP contribution in [-0.4, -0.2) is 4.98 Å². The van der Waals surface area contributed by atoms with Gasteiger partial charge in [0.2, 0.25) is 0 Å². The minimum absolute atomic E-state index is 0.652. The van der Waals surface area contributed by atoms with Gasteiger partial charge < -0.3 is 4.74 Å². The first kappa shape index (κ1) is 11.4. The third-order valence-electron chi connectivity index (χ3n) is 2.64. The van der Waals surface area contributed by atoms with Gasteiger partial charge >= 0.3 is 0 Å². The van der Waals surface area contributed by atoms with E-state index >= 15 is 0 Å². The van der Waals surface area contributed by atoms with Crippen molar-refractivity contribution in [2.75, 3.05) is 0 Å². The van der Waals surface area contributed by atoms with Crippen LogP contribution in [0.4, 0.5) is 0 Å². The summed E-state index contributed by atoms with van der Waals surface area (Å²) in [4.78, 5) is 4.18. The number of aromatic nitrogens is 1. The molecule has 1 heterocycles. The van der Waals surface area contributed by atoms with E-state index in [1.807, 2.05) is 50.2 Å². The lowest BCUT2D eigenvalue weighted by Crippen LogP contribution is -1.97. The number of nitrogens with zero attached hydrogens (tertiary/aromatic N) is 1. The van der Waals surface area contributed by atoms with Gasteiger partial charge in [0.25, 0.3) is 0 Å². The van der Waals surface area contributed by atoms with Crippen LogP contribution < -0.4 is 4.74 Å². The Morgan fingerprint density at radius 3 is 2.59 bits per heavy atom. The number of benzene rings is 1. The van der Waals surface area contributed by atoms with Crippen LogP contribution in [0.1, 0.15) is 16.8 Å². The standard InChI is InChI=1S/C15H15NO/c1-11-7-4-5-8-14(11)13(3)17-15-9-6-10-16-12(15)2/h4-10H,3H2,1-2H3. The number of ether oxygens (including phenoxy) is 1. The van der Waals surface area contributed by atoms with Crippen molar-refractivity contribution in [2.24, 2.45) is 0 Å². The average molecular weight is 225 g/mol.